The van der Waals surface area contributed by atoms with Gasteiger partial charge in [0.25, 0.3) is 0 Å². The number of hydrogen-bond acceptors (Lipinski definition) is 6. The van der Waals surface area contributed by atoms with E-state index in [1.165, 1.54) is 24.3 Å². The van der Waals surface area contributed by atoms with Gasteiger partial charge in [-0.2, -0.15) is 4.39 Å². The second kappa shape index (κ2) is 8.64. The van der Waals surface area contributed by atoms with Gasteiger partial charge in [-0.05, 0) is 38.8 Å². The molecule has 0 atom stereocenters. The van der Waals surface area contributed by atoms with Crippen molar-refractivity contribution in [3.63, 3.8) is 0 Å². The molecule has 26 heavy (non-hydrogen) atoms. The van der Waals surface area contributed by atoms with Gasteiger partial charge in [0.15, 0.2) is 17.1 Å². The summed E-state index contributed by atoms with van der Waals surface area (Å²) in [6, 6.07) is 2.22. The Balaban J connectivity index is 2.51. The first-order chi connectivity index (χ1) is 12.4. The summed E-state index contributed by atoms with van der Waals surface area (Å²) in [5, 5.41) is 0. The highest BCUT2D eigenvalue weighted by Crippen LogP contribution is 2.39. The number of rotatable bonds is 8. The number of benzene rings is 1. The molecule has 0 aromatic heterocycles. The minimum absolute atomic E-state index is 0.0763. The Morgan fingerprint density at radius 3 is 2.19 bits per heavy atom. The quantitative estimate of drug-likeness (QED) is 0.304. The third kappa shape index (κ3) is 4.30. The highest BCUT2D eigenvalue weighted by atomic mass is 19.2. The number of halogens is 2. The lowest BCUT2D eigenvalue weighted by atomic mass is 10.2. The number of nitrogens with zero attached hydrogens (tertiary/aromatic N) is 1. The van der Waals surface area contributed by atoms with E-state index in [0.717, 1.165) is 18.9 Å². The van der Waals surface area contributed by atoms with Crippen molar-refractivity contribution < 1.29 is 32.6 Å². The number of ether oxygens (including phenoxy) is 3. The lowest BCUT2D eigenvalue weighted by Crippen LogP contribution is -2.26. The van der Waals surface area contributed by atoms with Crippen molar-refractivity contribution in [3.05, 3.63) is 35.5 Å². The molecule has 1 saturated carbocycles. The number of methoxy groups -OCH3 is 1. The van der Waals surface area contributed by atoms with Gasteiger partial charge in [-0.1, -0.05) is 0 Å². The van der Waals surface area contributed by atoms with Crippen molar-refractivity contribution >= 4 is 17.6 Å². The van der Waals surface area contributed by atoms with E-state index in [2.05, 4.69) is 0 Å². The zero-order valence-corrected chi connectivity index (χ0v) is 14.9. The van der Waals surface area contributed by atoms with Crippen LogP contribution in [-0.4, -0.2) is 38.3 Å². The molecule has 1 aromatic carbocycles. The topological polar surface area (TPSA) is 65.1 Å². The molecule has 0 N–H and O–H groups in total. The molecule has 142 valence electrons. The van der Waals surface area contributed by atoms with E-state index >= 15 is 0 Å². The van der Waals surface area contributed by atoms with E-state index in [1.807, 2.05) is 0 Å². The van der Waals surface area contributed by atoms with Crippen molar-refractivity contribution in [1.82, 2.24) is 0 Å². The molecule has 0 spiro atoms. The minimum Gasteiger partial charge on any atom is -0.491 e. The summed E-state index contributed by atoms with van der Waals surface area (Å²) in [7, 11) is 1.22. The van der Waals surface area contributed by atoms with Crippen LogP contribution in [0.4, 0.5) is 14.5 Å². The zero-order chi connectivity index (χ0) is 19.3. The van der Waals surface area contributed by atoms with Crippen LogP contribution < -0.4 is 9.64 Å². The molecular formula is C18H21F2NO5. The van der Waals surface area contributed by atoms with E-state index in [4.69, 9.17) is 14.2 Å². The summed E-state index contributed by atoms with van der Waals surface area (Å²) in [6.45, 7) is 3.37. The Morgan fingerprint density at radius 1 is 1.15 bits per heavy atom. The van der Waals surface area contributed by atoms with E-state index in [1.54, 1.807) is 13.8 Å². The maximum atomic E-state index is 14.1. The fourth-order valence-electron chi connectivity index (χ4n) is 2.39. The average molecular weight is 369 g/mol. The molecule has 1 aliphatic carbocycles. The molecule has 0 unspecified atom stereocenters. The van der Waals surface area contributed by atoms with Crippen LogP contribution in [0.3, 0.4) is 0 Å². The van der Waals surface area contributed by atoms with Gasteiger partial charge in [0.2, 0.25) is 5.82 Å². The molecule has 0 amide bonds. The minimum atomic E-state index is -1.14. The SMILES string of the molecule is CCOC(=O)C(=CN(c1ccc(F)c(F)c1OC)C1CC1)C(=O)OCC. The van der Waals surface area contributed by atoms with Crippen LogP contribution in [0.25, 0.3) is 0 Å². The third-order valence-corrected chi connectivity index (χ3v) is 3.71. The average Bonchev–Trinajstić information content (AvgIpc) is 3.43. The van der Waals surface area contributed by atoms with E-state index in [-0.39, 0.29) is 36.3 Å². The van der Waals surface area contributed by atoms with Crippen LogP contribution in [0.1, 0.15) is 26.7 Å². The predicted octanol–water partition coefficient (Wildman–Crippen LogP) is 2.95. The third-order valence-electron chi connectivity index (χ3n) is 3.71. The molecule has 8 heteroatoms. The van der Waals surface area contributed by atoms with E-state index in [9.17, 15) is 18.4 Å². The first-order valence-corrected chi connectivity index (χ1v) is 8.30. The first-order valence-electron chi connectivity index (χ1n) is 8.30. The van der Waals surface area contributed by atoms with Crippen LogP contribution in [0, 0.1) is 11.6 Å². The number of anilines is 1. The van der Waals surface area contributed by atoms with Crippen molar-refractivity contribution in [2.45, 2.75) is 32.7 Å². The molecule has 0 radical (unpaired) electrons. The molecule has 0 saturated heterocycles. The van der Waals surface area contributed by atoms with Gasteiger partial charge in [-0.3, -0.25) is 0 Å². The van der Waals surface area contributed by atoms with Crippen molar-refractivity contribution in [1.29, 1.82) is 0 Å². The van der Waals surface area contributed by atoms with Gasteiger partial charge in [0.1, 0.15) is 0 Å². The first kappa shape index (κ1) is 19.7. The Kier molecular flexibility index (Phi) is 6.54. The van der Waals surface area contributed by atoms with Crippen LogP contribution >= 0.6 is 0 Å². The summed E-state index contributed by atoms with van der Waals surface area (Å²) in [6.07, 6.45) is 2.78. The summed E-state index contributed by atoms with van der Waals surface area (Å²) >= 11 is 0. The molecular weight excluding hydrogens is 348 g/mol. The van der Waals surface area contributed by atoms with Gasteiger partial charge in [0.05, 0.1) is 26.0 Å². The Bertz CT molecular complexity index is 696. The van der Waals surface area contributed by atoms with Gasteiger partial charge in [0, 0.05) is 12.2 Å². The smallest absolute Gasteiger partial charge is 0.347 e. The number of carbonyl (C=O) groups excluding carboxylic acids is 2. The Hall–Kier alpha value is -2.64. The molecule has 1 aliphatic rings. The second-order valence-corrected chi connectivity index (χ2v) is 5.54. The van der Waals surface area contributed by atoms with Crippen LogP contribution in [-0.2, 0) is 19.1 Å². The van der Waals surface area contributed by atoms with Gasteiger partial charge in [-0.15, -0.1) is 0 Å². The van der Waals surface area contributed by atoms with Crippen LogP contribution in [0.15, 0.2) is 23.9 Å². The fourth-order valence-corrected chi connectivity index (χ4v) is 2.39. The second-order valence-electron chi connectivity index (χ2n) is 5.54. The number of carbonyl (C=O) groups is 2. The summed E-state index contributed by atoms with van der Waals surface area (Å²) in [4.78, 5) is 25.8. The van der Waals surface area contributed by atoms with Crippen molar-refractivity contribution in [3.8, 4) is 5.75 Å². The summed E-state index contributed by atoms with van der Waals surface area (Å²) in [5.74, 6) is -4.20. The molecule has 2 rings (SSSR count). The maximum absolute atomic E-state index is 14.1. The molecule has 1 fully saturated rings. The van der Waals surface area contributed by atoms with Crippen molar-refractivity contribution in [2.75, 3.05) is 25.2 Å². The van der Waals surface area contributed by atoms with Crippen molar-refractivity contribution in [2.24, 2.45) is 0 Å². The fraction of sp³-hybridized carbons (Fsp3) is 0.444. The van der Waals surface area contributed by atoms with Gasteiger partial charge in [-0.25, -0.2) is 14.0 Å². The molecule has 6 nitrogen and oxygen atoms in total. The highest BCUT2D eigenvalue weighted by Gasteiger charge is 2.34. The molecule has 1 aromatic rings. The van der Waals surface area contributed by atoms with Crippen LogP contribution in [0.5, 0.6) is 5.75 Å². The largest absolute Gasteiger partial charge is 0.491 e. The van der Waals surface area contributed by atoms with E-state index < -0.39 is 23.6 Å². The predicted molar refractivity (Wildman–Crippen MR) is 89.8 cm³/mol. The lowest BCUT2D eigenvalue weighted by molar-refractivity contribution is -0.146. The van der Waals surface area contributed by atoms with Crippen LogP contribution in [0.2, 0.25) is 0 Å². The maximum Gasteiger partial charge on any atom is 0.347 e. The number of hydrogen-bond donors (Lipinski definition) is 0. The normalized spacial score (nSPS) is 13.0. The molecule has 0 aliphatic heterocycles. The summed E-state index contributed by atoms with van der Waals surface area (Å²) < 4.78 is 42.4. The molecule has 0 bridgehead atoms. The summed E-state index contributed by atoms with van der Waals surface area (Å²) in [5.41, 5.74) is -0.118. The Morgan fingerprint density at radius 2 is 1.73 bits per heavy atom. The number of esters is 2. The zero-order valence-electron chi connectivity index (χ0n) is 14.9. The monoisotopic (exact) mass is 369 g/mol. The lowest BCUT2D eigenvalue weighted by Gasteiger charge is -2.24. The standard InChI is InChI=1S/C18H21F2NO5/c1-4-25-17(22)12(18(23)26-5-2)10-21(11-6-7-11)14-9-8-13(19)15(20)16(14)24-3/h8-11H,4-7H2,1-3H3. The highest BCUT2D eigenvalue weighted by molar-refractivity contribution is 6.14. The Labute approximate surface area is 150 Å². The van der Waals surface area contributed by atoms with E-state index in [0.29, 0.717) is 0 Å². The molecule has 0 heterocycles. The van der Waals surface area contributed by atoms with Gasteiger partial charge >= 0.3 is 11.9 Å². The van der Waals surface area contributed by atoms with Gasteiger partial charge < -0.3 is 19.1 Å².